The van der Waals surface area contributed by atoms with Crippen molar-refractivity contribution in [2.75, 3.05) is 32.3 Å². The van der Waals surface area contributed by atoms with Crippen LogP contribution in [0.3, 0.4) is 0 Å². The molecule has 1 fully saturated rings. The molecule has 1 amide bonds. The third-order valence-electron chi connectivity index (χ3n) is 5.81. The van der Waals surface area contributed by atoms with Gasteiger partial charge in [-0.1, -0.05) is 24.3 Å². The number of hydrogen-bond donors (Lipinski definition) is 1. The van der Waals surface area contributed by atoms with Gasteiger partial charge >= 0.3 is 0 Å². The van der Waals surface area contributed by atoms with E-state index in [1.54, 1.807) is 31.3 Å². The summed E-state index contributed by atoms with van der Waals surface area (Å²) in [6, 6.07) is 11.1. The smallest absolute Gasteiger partial charge is 0.260 e. The van der Waals surface area contributed by atoms with Crippen LogP contribution in [0.5, 0.6) is 11.5 Å². The quantitative estimate of drug-likeness (QED) is 0.526. The molecule has 1 atom stereocenters. The third kappa shape index (κ3) is 5.03. The molecule has 0 aliphatic carbocycles. The highest BCUT2D eigenvalue weighted by Crippen LogP contribution is 2.33. The molecule has 3 aromatic rings. The molecule has 0 bridgehead atoms. The van der Waals surface area contributed by atoms with Gasteiger partial charge in [-0.25, -0.2) is 4.98 Å². The number of carbonyl (C=O) groups excluding carboxylic acids is 1. The molecule has 4 rings (SSSR count). The Labute approximate surface area is 197 Å². The maximum Gasteiger partial charge on any atom is 0.260 e. The number of aromatic nitrogens is 1. The molecule has 0 spiro atoms. The van der Waals surface area contributed by atoms with Crippen LogP contribution < -0.4 is 14.4 Å². The zero-order valence-corrected chi connectivity index (χ0v) is 19.9. The normalized spacial score (nSPS) is 15.5. The largest absolute Gasteiger partial charge is 0.496 e. The Morgan fingerprint density at radius 2 is 1.91 bits per heavy atom. The molecule has 2 aromatic carbocycles. The summed E-state index contributed by atoms with van der Waals surface area (Å²) in [6.45, 7) is 3.02. The van der Waals surface area contributed by atoms with Gasteiger partial charge in [-0.05, 0) is 37.5 Å². The number of thiazole rings is 1. The molecule has 1 saturated heterocycles. The summed E-state index contributed by atoms with van der Waals surface area (Å²) in [4.78, 5) is 20.2. The van der Waals surface area contributed by atoms with Gasteiger partial charge in [0.2, 0.25) is 0 Å². The van der Waals surface area contributed by atoms with E-state index in [2.05, 4.69) is 0 Å². The van der Waals surface area contributed by atoms with Crippen molar-refractivity contribution in [3.63, 3.8) is 0 Å². The Morgan fingerprint density at radius 1 is 1.21 bits per heavy atom. The fourth-order valence-corrected chi connectivity index (χ4v) is 4.75. The summed E-state index contributed by atoms with van der Waals surface area (Å²) in [5.74, 6) is 1.01. The lowest BCUT2D eigenvalue weighted by Crippen LogP contribution is -2.37. The van der Waals surface area contributed by atoms with Gasteiger partial charge in [-0.3, -0.25) is 9.69 Å². The lowest BCUT2D eigenvalue weighted by molar-refractivity contribution is 0.0917. The summed E-state index contributed by atoms with van der Waals surface area (Å²) in [7, 11) is 3.16. The van der Waals surface area contributed by atoms with Gasteiger partial charge in [0.15, 0.2) is 5.13 Å². The number of nitrogens with zero attached hydrogens (tertiary/aromatic N) is 2. The molecule has 0 radical (unpaired) electrons. The average molecular weight is 469 g/mol. The summed E-state index contributed by atoms with van der Waals surface area (Å²) < 4.78 is 16.8. The fraction of sp³-hybridized carbons (Fsp3) is 0.360. The first-order valence-corrected chi connectivity index (χ1v) is 11.7. The van der Waals surface area contributed by atoms with Gasteiger partial charge in [-0.15, -0.1) is 11.3 Å². The van der Waals surface area contributed by atoms with Crippen LogP contribution in [0, 0.1) is 6.92 Å². The molecule has 7 nitrogen and oxygen atoms in total. The van der Waals surface area contributed by atoms with Crippen LogP contribution in [0.4, 0.5) is 5.13 Å². The molecular formula is C25H28N2O5S. The number of methoxy groups -OCH3 is 2. The average Bonchev–Trinajstić information content (AvgIpc) is 3.55. The van der Waals surface area contributed by atoms with E-state index >= 15 is 0 Å². The lowest BCUT2D eigenvalue weighted by atomic mass is 10.1. The summed E-state index contributed by atoms with van der Waals surface area (Å²) in [5.41, 5.74) is 3.86. The van der Waals surface area contributed by atoms with Gasteiger partial charge in [0.25, 0.3) is 5.91 Å². The summed E-state index contributed by atoms with van der Waals surface area (Å²) in [6.07, 6.45) is 1.86. The predicted octanol–water partition coefficient (Wildman–Crippen LogP) is 4.45. The van der Waals surface area contributed by atoms with E-state index in [0.717, 1.165) is 35.2 Å². The molecule has 1 aromatic heterocycles. The second kappa shape index (κ2) is 10.3. The molecule has 33 heavy (non-hydrogen) atoms. The lowest BCUT2D eigenvalue weighted by Gasteiger charge is -2.24. The van der Waals surface area contributed by atoms with Gasteiger partial charge < -0.3 is 19.3 Å². The van der Waals surface area contributed by atoms with Crippen LogP contribution in [-0.2, 0) is 11.3 Å². The van der Waals surface area contributed by atoms with E-state index < -0.39 is 0 Å². The molecule has 1 aliphatic heterocycles. The van der Waals surface area contributed by atoms with E-state index in [4.69, 9.17) is 19.2 Å². The SMILES string of the molecule is COc1cc(C(=O)N(CC2CCCO2)c2nc(-c3ccc(CO)cc3)cs2)cc(OC)c1C. The molecule has 1 unspecified atom stereocenters. The second-order valence-electron chi connectivity index (χ2n) is 7.93. The number of hydrogen-bond acceptors (Lipinski definition) is 7. The standard InChI is InChI=1S/C25H28N2O5S/c1-16-22(30-2)11-19(12-23(16)31-3)24(29)27(13-20-5-4-10-32-20)25-26-21(15-33-25)18-8-6-17(14-28)7-9-18/h6-9,11-12,15,20,28H,4-5,10,13-14H2,1-3H3. The van der Waals surface area contributed by atoms with Gasteiger partial charge in [-0.2, -0.15) is 0 Å². The van der Waals surface area contributed by atoms with Crippen molar-refractivity contribution in [2.45, 2.75) is 32.5 Å². The van der Waals surface area contributed by atoms with Crippen molar-refractivity contribution in [2.24, 2.45) is 0 Å². The van der Waals surface area contributed by atoms with Crippen LogP contribution >= 0.6 is 11.3 Å². The number of amides is 1. The Kier molecular flexibility index (Phi) is 7.27. The highest BCUT2D eigenvalue weighted by atomic mass is 32.1. The topological polar surface area (TPSA) is 81.1 Å². The van der Waals surface area contributed by atoms with Gasteiger partial charge in [0.05, 0.1) is 39.2 Å². The number of ether oxygens (including phenoxy) is 3. The molecule has 1 aliphatic rings. The zero-order valence-electron chi connectivity index (χ0n) is 19.0. The monoisotopic (exact) mass is 468 g/mol. The van der Waals surface area contributed by atoms with Crippen molar-refractivity contribution in [3.8, 4) is 22.8 Å². The zero-order chi connectivity index (χ0) is 23.4. The molecule has 1 N–H and O–H groups in total. The minimum absolute atomic E-state index is 0.00423. The summed E-state index contributed by atoms with van der Waals surface area (Å²) in [5, 5.41) is 11.8. The highest BCUT2D eigenvalue weighted by molar-refractivity contribution is 7.14. The van der Waals surface area contributed by atoms with Crippen LogP contribution in [0.1, 0.15) is 34.3 Å². The highest BCUT2D eigenvalue weighted by Gasteiger charge is 2.28. The fourth-order valence-electron chi connectivity index (χ4n) is 3.91. The van der Waals surface area contributed by atoms with Crippen molar-refractivity contribution < 1.29 is 24.1 Å². The maximum atomic E-state index is 13.7. The van der Waals surface area contributed by atoms with Crippen LogP contribution in [0.2, 0.25) is 0 Å². The number of carbonyl (C=O) groups is 1. The number of benzene rings is 2. The predicted molar refractivity (Wildman–Crippen MR) is 128 cm³/mol. The molecule has 174 valence electrons. The maximum absolute atomic E-state index is 13.7. The van der Waals surface area contributed by atoms with E-state index in [9.17, 15) is 9.90 Å². The first-order chi connectivity index (χ1) is 16.0. The number of anilines is 1. The first-order valence-electron chi connectivity index (χ1n) is 10.9. The minimum atomic E-state index is -0.182. The van der Waals surface area contributed by atoms with E-state index in [-0.39, 0.29) is 18.6 Å². The minimum Gasteiger partial charge on any atom is -0.496 e. The van der Waals surface area contributed by atoms with Crippen molar-refractivity contribution >= 4 is 22.4 Å². The summed E-state index contributed by atoms with van der Waals surface area (Å²) >= 11 is 1.42. The van der Waals surface area contributed by atoms with Crippen LogP contribution in [0.25, 0.3) is 11.3 Å². The van der Waals surface area contributed by atoms with Crippen molar-refractivity contribution in [1.29, 1.82) is 0 Å². The Morgan fingerprint density at radius 3 is 2.48 bits per heavy atom. The Bertz CT molecular complexity index is 1080. The van der Waals surface area contributed by atoms with Crippen LogP contribution in [0.15, 0.2) is 41.8 Å². The molecular weight excluding hydrogens is 440 g/mol. The number of aliphatic hydroxyl groups is 1. The van der Waals surface area contributed by atoms with Crippen LogP contribution in [-0.4, -0.2) is 49.5 Å². The number of rotatable bonds is 8. The van der Waals surface area contributed by atoms with E-state index in [0.29, 0.717) is 35.3 Å². The number of aliphatic hydroxyl groups excluding tert-OH is 1. The third-order valence-corrected chi connectivity index (χ3v) is 6.67. The first kappa shape index (κ1) is 23.2. The Balaban J connectivity index is 1.68. The molecule has 8 heteroatoms. The van der Waals surface area contributed by atoms with E-state index in [1.807, 2.05) is 36.6 Å². The van der Waals surface area contributed by atoms with Crippen molar-refractivity contribution in [1.82, 2.24) is 4.98 Å². The van der Waals surface area contributed by atoms with Crippen molar-refractivity contribution in [3.05, 3.63) is 58.5 Å². The molecule has 0 saturated carbocycles. The van der Waals surface area contributed by atoms with Gasteiger partial charge in [0.1, 0.15) is 11.5 Å². The Hall–Kier alpha value is -2.94. The van der Waals surface area contributed by atoms with E-state index in [1.165, 1.54) is 11.3 Å². The second-order valence-corrected chi connectivity index (χ2v) is 8.76. The molecule has 2 heterocycles. The van der Waals surface area contributed by atoms with Gasteiger partial charge in [0, 0.05) is 28.7 Å².